The van der Waals surface area contributed by atoms with Crippen LogP contribution in [-0.2, 0) is 29.1 Å². The number of amidine groups is 1. The largest absolute Gasteiger partial charge is 0.469 e. The van der Waals surface area contributed by atoms with E-state index in [1.807, 2.05) is 0 Å². The number of sulfonamides is 1. The lowest BCUT2D eigenvalue weighted by molar-refractivity contribution is -0.148. The Morgan fingerprint density at radius 1 is 1.18 bits per heavy atom. The average molecular weight is 611 g/mol. The number of piperidine rings is 1. The van der Waals surface area contributed by atoms with Gasteiger partial charge in [-0.05, 0) is 37.8 Å². The van der Waals surface area contributed by atoms with E-state index in [2.05, 4.69) is 10.3 Å². The van der Waals surface area contributed by atoms with Gasteiger partial charge < -0.3 is 14.8 Å². The molecule has 10 nitrogen and oxygen atoms in total. The van der Waals surface area contributed by atoms with Gasteiger partial charge >= 0.3 is 11.9 Å². The summed E-state index contributed by atoms with van der Waals surface area (Å²) in [5, 5.41) is 5.18. The van der Waals surface area contributed by atoms with Crippen molar-refractivity contribution >= 4 is 50.7 Å². The van der Waals surface area contributed by atoms with E-state index in [0.717, 1.165) is 0 Å². The third kappa shape index (κ3) is 5.39. The summed E-state index contributed by atoms with van der Waals surface area (Å²) in [7, 11) is -1.02. The molecule has 0 bridgehead atoms. The Kier molecular flexibility index (Phi) is 8.27. The quantitative estimate of drug-likeness (QED) is 0.472. The molecule has 40 heavy (non-hydrogen) atoms. The van der Waals surface area contributed by atoms with Gasteiger partial charge in [-0.3, -0.25) is 9.79 Å². The summed E-state index contributed by atoms with van der Waals surface area (Å²) in [6.07, 6.45) is 3.01. The highest BCUT2D eigenvalue weighted by molar-refractivity contribution is 7.89. The first kappa shape index (κ1) is 28.7. The second kappa shape index (κ2) is 11.6. The highest BCUT2D eigenvalue weighted by Gasteiger charge is 2.46. The molecule has 1 aromatic heterocycles. The fraction of sp³-hybridized carbons (Fsp3) is 0.462. The number of benzene rings is 1. The smallest absolute Gasteiger partial charge is 0.338 e. The third-order valence-electron chi connectivity index (χ3n) is 7.64. The van der Waals surface area contributed by atoms with E-state index >= 15 is 0 Å². The first-order chi connectivity index (χ1) is 19.1. The molecule has 1 aliphatic carbocycles. The number of allylic oxidation sites excluding steroid dienone is 1. The number of nitrogens with zero attached hydrogens (tertiary/aromatic N) is 3. The van der Waals surface area contributed by atoms with Crippen LogP contribution in [0.15, 0.2) is 46.0 Å². The number of rotatable bonds is 7. The Morgan fingerprint density at radius 2 is 1.90 bits per heavy atom. The van der Waals surface area contributed by atoms with Crippen molar-refractivity contribution in [1.29, 1.82) is 0 Å². The van der Waals surface area contributed by atoms with E-state index in [9.17, 15) is 22.4 Å². The van der Waals surface area contributed by atoms with Crippen LogP contribution in [-0.4, -0.2) is 68.0 Å². The van der Waals surface area contributed by atoms with E-state index < -0.39 is 33.1 Å². The molecule has 5 rings (SSSR count). The van der Waals surface area contributed by atoms with Crippen molar-refractivity contribution in [2.75, 3.05) is 27.3 Å². The Balaban J connectivity index is 1.43. The van der Waals surface area contributed by atoms with Crippen LogP contribution in [0.2, 0.25) is 5.02 Å². The number of thiazole rings is 1. The molecule has 1 saturated carbocycles. The third-order valence-corrected chi connectivity index (χ3v) is 11.1. The van der Waals surface area contributed by atoms with Gasteiger partial charge in [0.1, 0.15) is 11.9 Å². The number of carbonyl (C=O) groups excluding carboxylic acids is 2. The average Bonchev–Trinajstić information content (AvgIpc) is 3.46. The highest BCUT2D eigenvalue weighted by atomic mass is 35.5. The van der Waals surface area contributed by atoms with Crippen molar-refractivity contribution in [3.8, 4) is 0 Å². The summed E-state index contributed by atoms with van der Waals surface area (Å²) in [4.78, 5) is 34.0. The number of esters is 2. The number of methoxy groups -OCH3 is 2. The van der Waals surface area contributed by atoms with E-state index in [0.29, 0.717) is 34.9 Å². The molecule has 14 heteroatoms. The fourth-order valence-electron chi connectivity index (χ4n) is 5.40. The number of ether oxygens (including phenoxy) is 2. The molecule has 1 atom stereocenters. The SMILES string of the molecule is COC(=O)C1=C(C2CCN(S(=O)(=O)[C@H]3C[C@H](C(=O)OC)C3)CC2)NC(c2nccs2)=NC1c1ccc(F)cc1Cl. The number of aromatic nitrogens is 1. The molecule has 1 N–H and O–H groups in total. The lowest BCUT2D eigenvalue weighted by Crippen LogP contribution is -2.50. The van der Waals surface area contributed by atoms with E-state index in [-0.39, 0.29) is 54.3 Å². The van der Waals surface area contributed by atoms with Crippen molar-refractivity contribution in [2.24, 2.45) is 16.8 Å². The summed E-state index contributed by atoms with van der Waals surface area (Å²) < 4.78 is 51.7. The van der Waals surface area contributed by atoms with Crippen LogP contribution in [0.25, 0.3) is 0 Å². The summed E-state index contributed by atoms with van der Waals surface area (Å²) in [5.41, 5.74) is 1.23. The van der Waals surface area contributed by atoms with Gasteiger partial charge in [-0.1, -0.05) is 17.7 Å². The normalized spacial score (nSPS) is 24.1. The molecule has 0 spiro atoms. The summed E-state index contributed by atoms with van der Waals surface area (Å²) >= 11 is 7.78. The zero-order valence-electron chi connectivity index (χ0n) is 21.8. The Morgan fingerprint density at radius 3 is 2.50 bits per heavy atom. The van der Waals surface area contributed by atoms with E-state index in [1.54, 1.807) is 11.6 Å². The summed E-state index contributed by atoms with van der Waals surface area (Å²) in [5.74, 6) is -1.70. The van der Waals surface area contributed by atoms with Gasteiger partial charge in [-0.15, -0.1) is 11.3 Å². The Hall–Kier alpha value is -2.87. The number of carbonyl (C=O) groups is 2. The molecule has 2 aromatic rings. The van der Waals surface area contributed by atoms with Crippen molar-refractivity contribution in [3.63, 3.8) is 0 Å². The Labute approximate surface area is 240 Å². The molecule has 214 valence electrons. The van der Waals surface area contributed by atoms with Crippen LogP contribution in [0.5, 0.6) is 0 Å². The van der Waals surface area contributed by atoms with Gasteiger partial charge in [0.25, 0.3) is 0 Å². The van der Waals surface area contributed by atoms with Crippen LogP contribution < -0.4 is 5.32 Å². The van der Waals surface area contributed by atoms with Crippen LogP contribution >= 0.6 is 22.9 Å². The number of nitrogens with one attached hydrogen (secondary N) is 1. The highest BCUT2D eigenvalue weighted by Crippen LogP contribution is 2.41. The van der Waals surface area contributed by atoms with E-state index in [1.165, 1.54) is 48.1 Å². The molecule has 0 radical (unpaired) electrons. The van der Waals surface area contributed by atoms with Crippen LogP contribution in [0.3, 0.4) is 0 Å². The predicted octanol–water partition coefficient (Wildman–Crippen LogP) is 3.45. The number of hydrogen-bond acceptors (Lipinski definition) is 10. The van der Waals surface area contributed by atoms with Crippen molar-refractivity contribution in [1.82, 2.24) is 14.6 Å². The number of hydrogen-bond donors (Lipinski definition) is 1. The minimum atomic E-state index is -3.59. The summed E-state index contributed by atoms with van der Waals surface area (Å²) in [6.45, 7) is 0.495. The minimum absolute atomic E-state index is 0.113. The second-order valence-corrected chi connectivity index (χ2v) is 13.4. The first-order valence-electron chi connectivity index (χ1n) is 12.7. The lowest BCUT2D eigenvalue weighted by atomic mass is 9.85. The van der Waals surface area contributed by atoms with Gasteiger partial charge in [-0.25, -0.2) is 26.9 Å². The van der Waals surface area contributed by atoms with Gasteiger partial charge in [0.2, 0.25) is 10.0 Å². The molecule has 1 unspecified atom stereocenters. The van der Waals surface area contributed by atoms with Crippen LogP contribution in [0, 0.1) is 17.7 Å². The second-order valence-electron chi connectivity index (χ2n) is 9.86. The molecule has 2 aliphatic heterocycles. The maximum absolute atomic E-state index is 13.9. The maximum atomic E-state index is 13.9. The van der Waals surface area contributed by atoms with Gasteiger partial charge in [0.05, 0.1) is 31.0 Å². The zero-order valence-corrected chi connectivity index (χ0v) is 24.2. The molecular formula is C26H28ClFN4O6S2. The topological polar surface area (TPSA) is 127 Å². The van der Waals surface area contributed by atoms with Gasteiger partial charge in [0, 0.05) is 46.9 Å². The van der Waals surface area contributed by atoms with Crippen molar-refractivity contribution in [3.05, 3.63) is 62.5 Å². The molecule has 0 amide bonds. The minimum Gasteiger partial charge on any atom is -0.469 e. The Bertz CT molecular complexity index is 1470. The van der Waals surface area contributed by atoms with Gasteiger partial charge in [0.15, 0.2) is 10.8 Å². The monoisotopic (exact) mass is 610 g/mol. The van der Waals surface area contributed by atoms with Crippen LogP contribution in [0.4, 0.5) is 4.39 Å². The predicted molar refractivity (Wildman–Crippen MR) is 147 cm³/mol. The first-order valence-corrected chi connectivity index (χ1v) is 15.5. The molecule has 3 aliphatic rings. The molecule has 1 saturated heterocycles. The molecule has 1 aromatic carbocycles. The summed E-state index contributed by atoms with van der Waals surface area (Å²) in [6, 6.07) is 3.03. The van der Waals surface area contributed by atoms with Crippen LogP contribution in [0.1, 0.15) is 42.3 Å². The zero-order chi connectivity index (χ0) is 28.6. The molecule has 3 heterocycles. The van der Waals surface area contributed by atoms with Gasteiger partial charge in [-0.2, -0.15) is 0 Å². The number of aliphatic imine (C=N–C) groups is 1. The standard InChI is InChI=1S/C26H28ClFN4O6S2/c1-37-25(33)15-11-17(12-15)40(35,36)32-8-5-14(6-9-32)21-20(26(34)38-2)22(18-4-3-16(28)13-19(18)27)31-23(30-21)24-29-7-10-39-24/h3-4,7,10,13-15,17,22H,5-6,8-9,11-12H2,1-2H3,(H,30,31)/t15-,17-,22?. The molecular weight excluding hydrogens is 583 g/mol. The van der Waals surface area contributed by atoms with Crippen molar-refractivity contribution in [2.45, 2.75) is 37.0 Å². The fourth-order valence-corrected chi connectivity index (χ4v) is 8.35. The van der Waals surface area contributed by atoms with E-state index in [4.69, 9.17) is 26.1 Å². The van der Waals surface area contributed by atoms with Crippen molar-refractivity contribution < 1.29 is 31.9 Å². The lowest BCUT2D eigenvalue weighted by Gasteiger charge is -2.40. The maximum Gasteiger partial charge on any atom is 0.338 e. The molecule has 2 fully saturated rings. The number of halogens is 2.